The maximum atomic E-state index is 10.7. The predicted molar refractivity (Wildman–Crippen MR) is 59.9 cm³/mol. The molecule has 19 heavy (non-hydrogen) atoms. The molecule has 6 heteroatoms. The topological polar surface area (TPSA) is 86.7 Å². The average Bonchev–Trinajstić information content (AvgIpc) is 2.45. The molecule has 0 amide bonds. The molecule has 2 aliphatic heterocycles. The van der Waals surface area contributed by atoms with Crippen LogP contribution < -0.4 is 0 Å². The van der Waals surface area contributed by atoms with Crippen LogP contribution in [0.3, 0.4) is 0 Å². The highest BCUT2D eigenvalue weighted by molar-refractivity contribution is 5.59. The molecule has 0 unspecified atom stereocenters. The van der Waals surface area contributed by atoms with Crippen molar-refractivity contribution in [3.63, 3.8) is 0 Å². The van der Waals surface area contributed by atoms with Gasteiger partial charge in [-0.25, -0.2) is 19.2 Å². The number of hydrogen-bond acceptors (Lipinski definition) is 6. The molecule has 6 nitrogen and oxygen atoms in total. The molecule has 2 heterocycles. The van der Waals surface area contributed by atoms with Gasteiger partial charge < -0.3 is 9.47 Å². The molecule has 0 aromatic rings. The summed E-state index contributed by atoms with van der Waals surface area (Å²) in [4.78, 5) is 42.9. The van der Waals surface area contributed by atoms with Gasteiger partial charge in [-0.3, -0.25) is 0 Å². The second kappa shape index (κ2) is 4.95. The van der Waals surface area contributed by atoms with Crippen molar-refractivity contribution in [2.45, 2.75) is 25.7 Å². The Morgan fingerprint density at radius 3 is 1.11 bits per heavy atom. The van der Waals surface area contributed by atoms with E-state index >= 15 is 0 Å². The first-order valence-electron chi connectivity index (χ1n) is 5.46. The fourth-order valence-corrected chi connectivity index (χ4v) is 2.41. The molecule has 0 atom stereocenters. The Hall–Kier alpha value is -2.60. The van der Waals surface area contributed by atoms with E-state index in [0.29, 0.717) is 0 Å². The molecule has 0 saturated carbocycles. The van der Waals surface area contributed by atoms with Crippen LogP contribution in [0, 0.1) is 5.41 Å². The van der Waals surface area contributed by atoms with Crippen LogP contribution in [-0.4, -0.2) is 23.8 Å². The van der Waals surface area contributed by atoms with Gasteiger partial charge in [-0.15, -0.1) is 0 Å². The molecular weight excluding hydrogens is 252 g/mol. The molecule has 2 saturated heterocycles. The van der Waals surface area contributed by atoms with Gasteiger partial charge in [0.1, 0.15) is 0 Å². The first-order chi connectivity index (χ1) is 9.14. The van der Waals surface area contributed by atoms with Crippen LogP contribution in [-0.2, 0) is 28.7 Å². The summed E-state index contributed by atoms with van der Waals surface area (Å²) in [6.45, 7) is 0. The van der Waals surface area contributed by atoms with Crippen LogP contribution in [0.15, 0.2) is 23.0 Å². The van der Waals surface area contributed by atoms with E-state index in [4.69, 9.17) is 9.47 Å². The van der Waals surface area contributed by atoms with Gasteiger partial charge in [-0.05, 0) is 0 Å². The van der Waals surface area contributed by atoms with Crippen molar-refractivity contribution >= 4 is 23.8 Å². The molecule has 0 radical (unpaired) electrons. The lowest BCUT2D eigenvalue weighted by Crippen LogP contribution is -2.33. The third kappa shape index (κ3) is 2.48. The first-order valence-corrected chi connectivity index (χ1v) is 5.46. The Labute approximate surface area is 107 Å². The maximum absolute atomic E-state index is 10.7. The van der Waals surface area contributed by atoms with Gasteiger partial charge in [-0.2, -0.15) is 0 Å². The van der Waals surface area contributed by atoms with Gasteiger partial charge >= 0.3 is 0 Å². The van der Waals surface area contributed by atoms with Crippen molar-refractivity contribution < 1.29 is 28.7 Å². The fraction of sp³-hybridized carbons (Fsp3) is 0.385. The molecule has 0 aliphatic carbocycles. The lowest BCUT2D eigenvalue weighted by molar-refractivity contribution is 0.0716. The van der Waals surface area contributed by atoms with Crippen LogP contribution in [0.2, 0.25) is 0 Å². The van der Waals surface area contributed by atoms with Crippen molar-refractivity contribution in [1.82, 2.24) is 0 Å². The summed E-state index contributed by atoms with van der Waals surface area (Å²) in [5.41, 5.74) is -0.699. The van der Waals surface area contributed by atoms with Crippen LogP contribution >= 0.6 is 0 Å². The minimum absolute atomic E-state index is 0.0537. The summed E-state index contributed by atoms with van der Waals surface area (Å²) in [5.74, 6) is 6.16. The van der Waals surface area contributed by atoms with Gasteiger partial charge in [0, 0.05) is 31.1 Å². The Bertz CT molecular complexity index is 506. The van der Waals surface area contributed by atoms with E-state index in [1.807, 2.05) is 0 Å². The standard InChI is InChI=1S/C13H8O6/c14-5-9-1-13(2-10(6-15)18-9)3-11(7-16)19-12(4-13)8-17/h1-4H2. The summed E-state index contributed by atoms with van der Waals surface area (Å²) in [7, 11) is 0. The molecule has 2 aliphatic rings. The number of ether oxygens (including phenoxy) is 2. The normalized spacial score (nSPS) is 25.7. The fourth-order valence-electron chi connectivity index (χ4n) is 2.41. The van der Waals surface area contributed by atoms with Crippen molar-refractivity contribution in [1.29, 1.82) is 0 Å². The average molecular weight is 260 g/mol. The Kier molecular flexibility index (Phi) is 3.35. The molecule has 2 rings (SSSR count). The summed E-state index contributed by atoms with van der Waals surface area (Å²) in [6.07, 6.45) is 0.617. The van der Waals surface area contributed by atoms with Crippen molar-refractivity contribution in [3.8, 4) is 0 Å². The van der Waals surface area contributed by atoms with Gasteiger partial charge in [0.25, 0.3) is 0 Å². The minimum atomic E-state index is -0.699. The van der Waals surface area contributed by atoms with E-state index in [0.717, 1.165) is 0 Å². The predicted octanol–water partition coefficient (Wildman–Crippen LogP) is 0.456. The molecular formula is C13H8O6. The minimum Gasteiger partial charge on any atom is -0.443 e. The van der Waals surface area contributed by atoms with E-state index in [1.54, 1.807) is 23.8 Å². The SMILES string of the molecule is O=C=C1CC2(CC(=C=O)O1)CC(=C=O)OC(=C=O)C2. The van der Waals surface area contributed by atoms with Crippen molar-refractivity contribution in [2.75, 3.05) is 0 Å². The van der Waals surface area contributed by atoms with Gasteiger partial charge in [0.2, 0.25) is 0 Å². The molecule has 0 aromatic heterocycles. The zero-order valence-electron chi connectivity index (χ0n) is 9.78. The maximum Gasteiger partial charge on any atom is 0.188 e. The quantitative estimate of drug-likeness (QED) is 0.588. The third-order valence-electron chi connectivity index (χ3n) is 3.09. The second-order valence-electron chi connectivity index (χ2n) is 4.51. The van der Waals surface area contributed by atoms with Crippen LogP contribution in [0.25, 0.3) is 0 Å². The summed E-state index contributed by atoms with van der Waals surface area (Å²) in [5, 5.41) is 0. The zero-order valence-corrected chi connectivity index (χ0v) is 9.78. The molecule has 0 aromatic carbocycles. The molecule has 2 fully saturated rings. The second-order valence-corrected chi connectivity index (χ2v) is 4.51. The Morgan fingerprint density at radius 2 is 0.895 bits per heavy atom. The number of rotatable bonds is 0. The zero-order chi connectivity index (χ0) is 13.9. The van der Waals surface area contributed by atoms with Crippen molar-refractivity contribution in [2.24, 2.45) is 5.41 Å². The van der Waals surface area contributed by atoms with Crippen LogP contribution in [0.1, 0.15) is 25.7 Å². The van der Waals surface area contributed by atoms with E-state index in [-0.39, 0.29) is 48.7 Å². The first kappa shape index (κ1) is 12.8. The lowest BCUT2D eigenvalue weighted by Gasteiger charge is -2.39. The smallest absolute Gasteiger partial charge is 0.188 e. The lowest BCUT2D eigenvalue weighted by atomic mass is 9.71. The van der Waals surface area contributed by atoms with Crippen LogP contribution in [0.4, 0.5) is 0 Å². The molecule has 0 N–H and O–H groups in total. The largest absolute Gasteiger partial charge is 0.443 e. The molecule has 0 bridgehead atoms. The highest BCUT2D eigenvalue weighted by Gasteiger charge is 2.44. The monoisotopic (exact) mass is 260 g/mol. The number of allylic oxidation sites excluding steroid dienone is 4. The molecule has 1 spiro atoms. The molecule has 96 valence electrons. The van der Waals surface area contributed by atoms with E-state index in [1.165, 1.54) is 0 Å². The summed E-state index contributed by atoms with van der Waals surface area (Å²) in [6, 6.07) is 0. The number of hydrogen-bond donors (Lipinski definition) is 0. The van der Waals surface area contributed by atoms with E-state index in [2.05, 4.69) is 0 Å². The summed E-state index contributed by atoms with van der Waals surface area (Å²) < 4.78 is 9.96. The van der Waals surface area contributed by atoms with Gasteiger partial charge in [0.05, 0.1) is 0 Å². The third-order valence-corrected chi connectivity index (χ3v) is 3.09. The van der Waals surface area contributed by atoms with E-state index < -0.39 is 5.41 Å². The van der Waals surface area contributed by atoms with Gasteiger partial charge in [0.15, 0.2) is 46.8 Å². The van der Waals surface area contributed by atoms with Gasteiger partial charge in [-0.1, -0.05) is 0 Å². The van der Waals surface area contributed by atoms with Crippen LogP contribution in [0.5, 0.6) is 0 Å². The Morgan fingerprint density at radius 1 is 0.632 bits per heavy atom. The highest BCUT2D eigenvalue weighted by Crippen LogP contribution is 2.50. The summed E-state index contributed by atoms with van der Waals surface area (Å²) >= 11 is 0. The number of carbonyl (C=O) groups excluding carboxylic acids is 4. The Balaban J connectivity index is 2.45. The van der Waals surface area contributed by atoms with Crippen molar-refractivity contribution in [3.05, 3.63) is 23.0 Å². The highest BCUT2D eigenvalue weighted by atomic mass is 16.5. The van der Waals surface area contributed by atoms with E-state index in [9.17, 15) is 19.2 Å².